The topological polar surface area (TPSA) is 88.1 Å². The van der Waals surface area contributed by atoms with Gasteiger partial charge in [0.1, 0.15) is 0 Å². The number of hydrogen-bond acceptors (Lipinski definition) is 4. The van der Waals surface area contributed by atoms with E-state index in [1.807, 2.05) is 48.8 Å². The van der Waals surface area contributed by atoms with Gasteiger partial charge >= 0.3 is 39.6 Å². The van der Waals surface area contributed by atoms with E-state index in [1.54, 1.807) is 0 Å². The number of rotatable bonds is 14. The van der Waals surface area contributed by atoms with Gasteiger partial charge in [-0.2, -0.15) is 0 Å². The van der Waals surface area contributed by atoms with Crippen molar-refractivity contribution in [1.29, 1.82) is 0 Å². The van der Waals surface area contributed by atoms with E-state index >= 15 is 0 Å². The van der Waals surface area contributed by atoms with Gasteiger partial charge in [-0.15, -0.1) is 26.2 Å². The van der Waals surface area contributed by atoms with Crippen LogP contribution in [0, 0.1) is 0 Å². The summed E-state index contributed by atoms with van der Waals surface area (Å²) in [6.07, 6.45) is 6.27. The molecule has 0 saturated heterocycles. The van der Waals surface area contributed by atoms with E-state index in [0.717, 1.165) is 60.2 Å². The second-order valence-electron chi connectivity index (χ2n) is 10.1. The van der Waals surface area contributed by atoms with Crippen molar-refractivity contribution in [3.63, 3.8) is 0 Å². The molecule has 2 aromatic rings. The van der Waals surface area contributed by atoms with Crippen LogP contribution in [0.1, 0.15) is 66.8 Å². The quantitative estimate of drug-likeness (QED) is 0.0895. The van der Waals surface area contributed by atoms with Crippen molar-refractivity contribution in [2.45, 2.75) is 91.1 Å². The van der Waals surface area contributed by atoms with Crippen LogP contribution in [-0.4, -0.2) is 71.6 Å². The van der Waals surface area contributed by atoms with E-state index in [1.165, 1.54) is 12.3 Å². The zero-order chi connectivity index (χ0) is 29.3. The fraction of sp³-hybridized carbons (Fsp3) is 0.600. The van der Waals surface area contributed by atoms with E-state index in [2.05, 4.69) is 89.6 Å². The molecule has 0 spiro atoms. The van der Waals surface area contributed by atoms with Crippen molar-refractivity contribution in [3.8, 4) is 0 Å². The summed E-state index contributed by atoms with van der Waals surface area (Å²) >= 11 is 0. The molecule has 6 nitrogen and oxygen atoms in total. The summed E-state index contributed by atoms with van der Waals surface area (Å²) in [5, 5.41) is 9.22. The first-order valence-electron chi connectivity index (χ1n) is 13.5. The van der Waals surface area contributed by atoms with Crippen molar-refractivity contribution in [2.24, 2.45) is 0 Å². The van der Waals surface area contributed by atoms with Crippen LogP contribution in [0.4, 0.5) is 0 Å². The monoisotopic (exact) mass is 948 g/mol. The van der Waals surface area contributed by atoms with E-state index in [-0.39, 0.29) is 55.4 Å². The first-order valence-corrected chi connectivity index (χ1v) is 17.2. The van der Waals surface area contributed by atoms with Crippen molar-refractivity contribution < 1.29 is 49.2 Å². The second kappa shape index (κ2) is 31.6. The Morgan fingerprint density at radius 3 is 1.12 bits per heavy atom. The van der Waals surface area contributed by atoms with Gasteiger partial charge in [-0.25, -0.2) is 0 Å². The molecule has 0 aromatic carbocycles. The normalized spacial score (nSPS) is 10.2. The fourth-order valence-corrected chi connectivity index (χ4v) is 10.1. The van der Waals surface area contributed by atoms with E-state index < -0.39 is 0 Å². The van der Waals surface area contributed by atoms with Crippen molar-refractivity contribution >= 4 is 29.4 Å². The SMILES string of the molecule is CC(C)[PH+](CC[N-]Cc1ccccn1)C(C)C.CC(C)[PH+](CC[N-]Cc1ccccn1)C(C)C.[CH-]=O.[CH-]=O.[OsH].[OsH]. The maximum absolute atomic E-state index is 7.75. The molecular weight excluding hydrogens is 891 g/mol. The number of pyridine rings is 2. The van der Waals surface area contributed by atoms with Gasteiger partial charge in [0.15, 0.2) is 0 Å². The molecule has 0 bridgehead atoms. The Morgan fingerprint density at radius 1 is 0.600 bits per heavy atom. The van der Waals surface area contributed by atoms with Crippen LogP contribution in [0.15, 0.2) is 48.8 Å². The van der Waals surface area contributed by atoms with Gasteiger partial charge in [-0.3, -0.25) is 23.5 Å². The molecule has 0 fully saturated rings. The van der Waals surface area contributed by atoms with Crippen LogP contribution in [0.3, 0.4) is 0 Å². The molecule has 40 heavy (non-hydrogen) atoms. The van der Waals surface area contributed by atoms with E-state index in [9.17, 15) is 0 Å². The molecule has 234 valence electrons. The molecular formula is C30H54N4O2Os2P2-2. The Kier molecular flexibility index (Phi) is 36.9. The first kappa shape index (κ1) is 46.6. The number of hydrogen-bond donors (Lipinski definition) is 0. The Labute approximate surface area is 274 Å². The Morgan fingerprint density at radius 2 is 0.900 bits per heavy atom. The average molecular weight is 945 g/mol. The maximum atomic E-state index is 7.75. The van der Waals surface area contributed by atoms with Crippen LogP contribution in [0.2, 0.25) is 0 Å². The van der Waals surface area contributed by atoms with Crippen LogP contribution in [0.5, 0.6) is 0 Å². The second-order valence-corrected chi connectivity index (χ2v) is 18.0. The molecule has 0 atom stereocenters. The Hall–Kier alpha value is -0.307. The molecule has 0 aliphatic carbocycles. The first-order chi connectivity index (χ1) is 18.2. The standard InChI is InChI=1S/2C14H24N2P.2CHO.2Os.2H/c2*1-12(2)17(13(3)4)10-9-15-11-14-7-5-6-8-16-14;2*1-2;;;;/h2*5-8,12-13H,9-11H2,1-4H3;2*1H;;;;/q4*-1;;;;/p+2. The zero-order valence-corrected chi connectivity index (χ0v) is 33.1. The molecule has 0 radical (unpaired) electrons. The van der Waals surface area contributed by atoms with Crippen LogP contribution in [-0.2, 0) is 62.3 Å². The van der Waals surface area contributed by atoms with E-state index in [0.29, 0.717) is 0 Å². The van der Waals surface area contributed by atoms with Crippen LogP contribution < -0.4 is 0 Å². The van der Waals surface area contributed by atoms with Crippen molar-refractivity contribution in [1.82, 2.24) is 9.97 Å². The van der Waals surface area contributed by atoms with Crippen LogP contribution >= 0.6 is 15.8 Å². The molecule has 0 saturated carbocycles. The molecule has 0 amide bonds. The Bertz CT molecular complexity index is 695. The molecule has 0 aliphatic rings. The van der Waals surface area contributed by atoms with Crippen LogP contribution in [0.25, 0.3) is 10.6 Å². The fourth-order valence-electron chi connectivity index (χ4n) is 4.27. The summed E-state index contributed by atoms with van der Waals surface area (Å²) in [6, 6.07) is 12.0. The molecule has 0 aliphatic heterocycles. The predicted octanol–water partition coefficient (Wildman–Crippen LogP) is 6.88. The van der Waals surface area contributed by atoms with Gasteiger partial charge in [0.25, 0.3) is 0 Å². The third kappa shape index (κ3) is 24.3. The third-order valence-corrected chi connectivity index (χ3v) is 13.6. The van der Waals surface area contributed by atoms with Crippen molar-refractivity contribution in [3.05, 3.63) is 70.8 Å². The summed E-state index contributed by atoms with van der Waals surface area (Å²) in [7, 11) is -0.493. The Balaban J connectivity index is -0.000000276. The molecule has 2 aromatic heterocycles. The van der Waals surface area contributed by atoms with Gasteiger partial charge in [-0.1, -0.05) is 12.1 Å². The van der Waals surface area contributed by atoms with Gasteiger partial charge in [0.05, 0.1) is 22.6 Å². The van der Waals surface area contributed by atoms with Gasteiger partial charge in [0.2, 0.25) is 0 Å². The molecule has 0 unspecified atom stereocenters. The number of nitrogens with zero attached hydrogens (tertiary/aromatic N) is 4. The molecule has 0 N–H and O–H groups in total. The molecule has 2 heterocycles. The average Bonchev–Trinajstić information content (AvgIpc) is 2.91. The summed E-state index contributed by atoms with van der Waals surface area (Å²) in [5.74, 6) is 0. The van der Waals surface area contributed by atoms with Gasteiger partial charge < -0.3 is 20.2 Å². The summed E-state index contributed by atoms with van der Waals surface area (Å²) < 4.78 is 0. The number of aromatic nitrogens is 2. The van der Waals surface area contributed by atoms with Gasteiger partial charge in [0, 0.05) is 51.9 Å². The minimum absolute atomic E-state index is 0. The zero-order valence-electron chi connectivity index (χ0n) is 25.7. The molecule has 2 rings (SSSR count). The minimum atomic E-state index is -0.247. The summed E-state index contributed by atoms with van der Waals surface area (Å²) in [4.78, 5) is 24.1. The van der Waals surface area contributed by atoms with Gasteiger partial charge in [-0.05, 0) is 79.7 Å². The van der Waals surface area contributed by atoms with E-state index in [4.69, 9.17) is 9.59 Å². The predicted molar refractivity (Wildman–Crippen MR) is 176 cm³/mol. The number of carbonyl (C=O) groups excluding carboxylic acids is 2. The third-order valence-electron chi connectivity index (χ3n) is 6.08. The van der Waals surface area contributed by atoms with Crippen molar-refractivity contribution in [2.75, 3.05) is 25.4 Å². The summed E-state index contributed by atoms with van der Waals surface area (Å²) in [5.41, 5.74) is 5.57. The summed E-state index contributed by atoms with van der Waals surface area (Å²) in [6.45, 7) is 28.9. The molecule has 10 heteroatoms.